The van der Waals surface area contributed by atoms with Gasteiger partial charge in [0.1, 0.15) is 11.9 Å². The average molecular weight is 387 g/mol. The number of rotatable bonds is 6. The summed E-state index contributed by atoms with van der Waals surface area (Å²) in [7, 11) is 1.60. The molecule has 4 rings (SSSR count). The number of halogens is 1. The van der Waals surface area contributed by atoms with E-state index < -0.39 is 0 Å². The van der Waals surface area contributed by atoms with Crippen LogP contribution < -0.4 is 0 Å². The second-order valence-corrected chi connectivity index (χ2v) is 6.83. The van der Waals surface area contributed by atoms with Crippen molar-refractivity contribution in [3.63, 3.8) is 0 Å². The summed E-state index contributed by atoms with van der Waals surface area (Å²) >= 11 is 0. The molecule has 2 aromatic heterocycles. The number of hydrogen-bond donors (Lipinski definition) is 0. The molecule has 3 aromatic rings. The van der Waals surface area contributed by atoms with E-state index in [0.717, 1.165) is 25.8 Å². The molecule has 8 nitrogen and oxygen atoms in total. The first-order valence-electron chi connectivity index (χ1n) is 9.33. The Kier molecular flexibility index (Phi) is 5.45. The lowest BCUT2D eigenvalue weighted by atomic mass is 10.0. The van der Waals surface area contributed by atoms with Crippen molar-refractivity contribution in [1.82, 2.24) is 25.2 Å². The van der Waals surface area contributed by atoms with Crippen LogP contribution in [-0.2, 0) is 11.3 Å². The number of piperidine rings is 1. The summed E-state index contributed by atoms with van der Waals surface area (Å²) in [6, 6.07) is 6.30. The second kappa shape index (κ2) is 8.15. The van der Waals surface area contributed by atoms with E-state index in [1.165, 1.54) is 6.07 Å². The Morgan fingerprint density at radius 2 is 2.14 bits per heavy atom. The maximum Gasteiger partial charge on any atom is 0.250 e. The van der Waals surface area contributed by atoms with Gasteiger partial charge in [-0.15, -0.1) is 10.2 Å². The summed E-state index contributed by atoms with van der Waals surface area (Å²) in [5.74, 6) is 1.31. The minimum Gasteiger partial charge on any atom is -0.419 e. The monoisotopic (exact) mass is 387 g/mol. The van der Waals surface area contributed by atoms with Gasteiger partial charge in [0.05, 0.1) is 18.2 Å². The zero-order valence-corrected chi connectivity index (χ0v) is 15.8. The lowest BCUT2D eigenvalue weighted by molar-refractivity contribution is 0.104. The smallest absolute Gasteiger partial charge is 0.250 e. The average Bonchev–Trinajstić information content (AvgIpc) is 3.38. The first kappa shape index (κ1) is 18.7. The van der Waals surface area contributed by atoms with E-state index in [2.05, 4.69) is 25.2 Å². The van der Waals surface area contributed by atoms with E-state index in [1.807, 2.05) is 6.92 Å². The molecule has 0 unspecified atom stereocenters. The zero-order chi connectivity index (χ0) is 19.5. The SMILES string of the molecule is CO[C@@H](C)c1noc(CN2CCCC[C@H]2c2nnc(-c3ccccc3F)o2)n1. The molecule has 3 heterocycles. The molecule has 1 aliphatic heterocycles. The van der Waals surface area contributed by atoms with Crippen LogP contribution >= 0.6 is 0 Å². The van der Waals surface area contributed by atoms with Gasteiger partial charge in [-0.25, -0.2) is 4.39 Å². The number of ether oxygens (including phenoxy) is 1. The summed E-state index contributed by atoms with van der Waals surface area (Å²) in [4.78, 5) is 6.58. The molecule has 1 aliphatic rings. The molecule has 9 heteroatoms. The Labute approximate surface area is 161 Å². The highest BCUT2D eigenvalue weighted by molar-refractivity contribution is 5.53. The molecule has 0 aliphatic carbocycles. The molecule has 0 spiro atoms. The highest BCUT2D eigenvalue weighted by Crippen LogP contribution is 2.33. The number of hydrogen-bond acceptors (Lipinski definition) is 8. The molecule has 0 amide bonds. The quantitative estimate of drug-likeness (QED) is 0.632. The van der Waals surface area contributed by atoms with Crippen LogP contribution in [0.1, 0.15) is 55.9 Å². The number of methoxy groups -OCH3 is 1. The first-order chi connectivity index (χ1) is 13.7. The van der Waals surface area contributed by atoms with Gasteiger partial charge in [0, 0.05) is 7.11 Å². The lowest BCUT2D eigenvalue weighted by Gasteiger charge is -2.32. The fourth-order valence-corrected chi connectivity index (χ4v) is 3.35. The van der Waals surface area contributed by atoms with Crippen molar-refractivity contribution in [3.05, 3.63) is 47.7 Å². The molecule has 1 aromatic carbocycles. The summed E-state index contributed by atoms with van der Waals surface area (Å²) in [5, 5.41) is 12.2. The minimum atomic E-state index is -0.385. The van der Waals surface area contributed by atoms with Gasteiger partial charge in [-0.1, -0.05) is 23.7 Å². The fraction of sp³-hybridized carbons (Fsp3) is 0.474. The molecule has 148 valence electrons. The van der Waals surface area contributed by atoms with Crippen LogP contribution in [0.5, 0.6) is 0 Å². The highest BCUT2D eigenvalue weighted by atomic mass is 19.1. The van der Waals surface area contributed by atoms with E-state index in [1.54, 1.807) is 25.3 Å². The minimum absolute atomic E-state index is 0.0722. The molecular weight excluding hydrogens is 365 g/mol. The predicted octanol–water partition coefficient (Wildman–Crippen LogP) is 3.69. The normalized spacial score (nSPS) is 19.0. The molecule has 0 radical (unpaired) electrons. The molecular formula is C19H22FN5O3. The second-order valence-electron chi connectivity index (χ2n) is 6.83. The first-order valence-corrected chi connectivity index (χ1v) is 9.33. The maximum atomic E-state index is 14.0. The third kappa shape index (κ3) is 3.81. The van der Waals surface area contributed by atoms with Crippen molar-refractivity contribution < 1.29 is 18.1 Å². The zero-order valence-electron chi connectivity index (χ0n) is 15.8. The van der Waals surface area contributed by atoms with Crippen LogP contribution in [0, 0.1) is 5.82 Å². The molecule has 0 N–H and O–H groups in total. The van der Waals surface area contributed by atoms with Gasteiger partial charge in [0.15, 0.2) is 5.82 Å². The van der Waals surface area contributed by atoms with E-state index in [9.17, 15) is 4.39 Å². The van der Waals surface area contributed by atoms with Gasteiger partial charge in [0.2, 0.25) is 11.8 Å². The maximum absolute atomic E-state index is 14.0. The Morgan fingerprint density at radius 3 is 2.96 bits per heavy atom. The van der Waals surface area contributed by atoms with Crippen molar-refractivity contribution >= 4 is 0 Å². The number of benzene rings is 1. The predicted molar refractivity (Wildman–Crippen MR) is 96.4 cm³/mol. The molecule has 28 heavy (non-hydrogen) atoms. The highest BCUT2D eigenvalue weighted by Gasteiger charge is 2.30. The molecule has 0 saturated carbocycles. The van der Waals surface area contributed by atoms with Crippen LogP contribution in [0.2, 0.25) is 0 Å². The van der Waals surface area contributed by atoms with Crippen molar-refractivity contribution in [2.24, 2.45) is 0 Å². The lowest BCUT2D eigenvalue weighted by Crippen LogP contribution is -2.33. The van der Waals surface area contributed by atoms with Crippen molar-refractivity contribution in [3.8, 4) is 11.5 Å². The number of nitrogens with zero attached hydrogens (tertiary/aromatic N) is 5. The number of aromatic nitrogens is 4. The summed E-state index contributed by atoms with van der Waals surface area (Å²) in [6.07, 6.45) is 2.75. The van der Waals surface area contributed by atoms with Crippen molar-refractivity contribution in [2.75, 3.05) is 13.7 Å². The topological polar surface area (TPSA) is 90.3 Å². The van der Waals surface area contributed by atoms with Crippen LogP contribution in [-0.4, -0.2) is 38.9 Å². The summed E-state index contributed by atoms with van der Waals surface area (Å²) < 4.78 is 30.4. The van der Waals surface area contributed by atoms with Crippen LogP contribution in [0.25, 0.3) is 11.5 Å². The Morgan fingerprint density at radius 1 is 1.29 bits per heavy atom. The summed E-state index contributed by atoms with van der Waals surface area (Å²) in [6.45, 7) is 3.19. The van der Waals surface area contributed by atoms with Gasteiger partial charge >= 0.3 is 0 Å². The van der Waals surface area contributed by atoms with E-state index in [-0.39, 0.29) is 23.9 Å². The summed E-state index contributed by atoms with van der Waals surface area (Å²) in [5.41, 5.74) is 0.304. The Hall–Kier alpha value is -2.65. The standard InChI is InChI=1S/C19H22FN5O3/c1-12(26-2)17-21-16(28-24-17)11-25-10-6-5-9-15(25)19-23-22-18(27-19)13-7-3-4-8-14(13)20/h3-4,7-8,12,15H,5-6,9-11H2,1-2H3/t12-,15-/m0/s1. The van der Waals surface area contributed by atoms with Crippen LogP contribution in [0.15, 0.2) is 33.2 Å². The van der Waals surface area contributed by atoms with Gasteiger partial charge in [-0.3, -0.25) is 4.90 Å². The van der Waals surface area contributed by atoms with Gasteiger partial charge < -0.3 is 13.7 Å². The van der Waals surface area contributed by atoms with Crippen molar-refractivity contribution in [2.45, 2.75) is 44.9 Å². The van der Waals surface area contributed by atoms with Gasteiger partial charge in [-0.05, 0) is 38.4 Å². The van der Waals surface area contributed by atoms with E-state index >= 15 is 0 Å². The molecule has 1 fully saturated rings. The van der Waals surface area contributed by atoms with Gasteiger partial charge in [0.25, 0.3) is 5.89 Å². The Balaban J connectivity index is 1.53. The Bertz CT molecular complexity index is 928. The molecule has 0 bridgehead atoms. The number of likely N-dealkylation sites (tertiary alicyclic amines) is 1. The van der Waals surface area contributed by atoms with E-state index in [4.69, 9.17) is 13.7 Å². The largest absolute Gasteiger partial charge is 0.419 e. The molecule has 1 saturated heterocycles. The van der Waals surface area contributed by atoms with Gasteiger partial charge in [-0.2, -0.15) is 4.98 Å². The third-order valence-electron chi connectivity index (χ3n) is 4.98. The van der Waals surface area contributed by atoms with Crippen molar-refractivity contribution in [1.29, 1.82) is 0 Å². The fourth-order valence-electron chi connectivity index (χ4n) is 3.35. The van der Waals surface area contributed by atoms with Crippen LogP contribution in [0.3, 0.4) is 0 Å². The third-order valence-corrected chi connectivity index (χ3v) is 4.98. The molecule has 2 atom stereocenters. The van der Waals surface area contributed by atoms with Crippen LogP contribution in [0.4, 0.5) is 4.39 Å². The van der Waals surface area contributed by atoms with E-state index in [0.29, 0.717) is 29.7 Å².